The number of carbonyl (C=O) groups is 1. The van der Waals surface area contributed by atoms with Gasteiger partial charge in [-0.05, 0) is 32.6 Å². The molecular formula is C15H25N3O2S. The number of aromatic nitrogens is 2. The van der Waals surface area contributed by atoms with Gasteiger partial charge in [0.1, 0.15) is 0 Å². The maximum atomic E-state index is 12.4. The molecule has 1 amide bonds. The second kappa shape index (κ2) is 7.29. The Bertz CT molecular complexity index is 473. The summed E-state index contributed by atoms with van der Waals surface area (Å²) < 4.78 is 5.26. The summed E-state index contributed by atoms with van der Waals surface area (Å²) in [4.78, 5) is 18.7. The van der Waals surface area contributed by atoms with Gasteiger partial charge in [-0.1, -0.05) is 19.0 Å². The smallest absolute Gasteiger partial charge is 0.236 e. The number of likely N-dealkylation sites (tertiary alicyclic amines) is 1. The summed E-state index contributed by atoms with van der Waals surface area (Å²) in [6, 6.07) is 0.280. The predicted molar refractivity (Wildman–Crippen MR) is 84.0 cm³/mol. The van der Waals surface area contributed by atoms with E-state index in [2.05, 4.69) is 37.8 Å². The monoisotopic (exact) mass is 311 g/mol. The number of thioether (sulfide) groups is 1. The average molecular weight is 311 g/mol. The number of amides is 1. The van der Waals surface area contributed by atoms with Gasteiger partial charge in [-0.2, -0.15) is 4.98 Å². The zero-order valence-electron chi connectivity index (χ0n) is 13.3. The van der Waals surface area contributed by atoms with Crippen LogP contribution >= 0.6 is 11.8 Å². The summed E-state index contributed by atoms with van der Waals surface area (Å²) in [6.45, 7) is 9.28. The Kier molecular flexibility index (Phi) is 5.67. The van der Waals surface area contributed by atoms with Crippen LogP contribution in [0.15, 0.2) is 4.52 Å². The van der Waals surface area contributed by atoms with E-state index in [0.717, 1.165) is 31.6 Å². The molecule has 1 aromatic rings. The number of hydrogen-bond donors (Lipinski definition) is 0. The van der Waals surface area contributed by atoms with E-state index < -0.39 is 0 Å². The van der Waals surface area contributed by atoms with Crippen LogP contribution in [0.4, 0.5) is 0 Å². The van der Waals surface area contributed by atoms with Crippen LogP contribution in [0.2, 0.25) is 0 Å². The van der Waals surface area contributed by atoms with E-state index in [4.69, 9.17) is 4.52 Å². The molecule has 1 aliphatic heterocycles. The highest BCUT2D eigenvalue weighted by atomic mass is 32.2. The molecule has 1 aromatic heterocycles. The first kappa shape index (κ1) is 16.3. The zero-order valence-corrected chi connectivity index (χ0v) is 14.2. The summed E-state index contributed by atoms with van der Waals surface area (Å²) in [5, 5.41) is 4.02. The van der Waals surface area contributed by atoms with Crippen LogP contribution in [-0.4, -0.2) is 38.8 Å². The Labute approximate surface area is 130 Å². The first-order valence-electron chi connectivity index (χ1n) is 7.71. The standard InChI is InChI=1S/C15H25N3O2S/c1-10(2)8-13-16-14(20-17-13)9-21-12-6-5-7-18(11(3)4)15(12)19/h10-12H,5-9H2,1-4H3/t12-/m0/s1. The van der Waals surface area contributed by atoms with Crippen molar-refractivity contribution < 1.29 is 9.32 Å². The van der Waals surface area contributed by atoms with Crippen LogP contribution in [0.5, 0.6) is 0 Å². The predicted octanol–water partition coefficient (Wildman–Crippen LogP) is 2.90. The van der Waals surface area contributed by atoms with E-state index in [-0.39, 0.29) is 17.2 Å². The summed E-state index contributed by atoms with van der Waals surface area (Å²) in [7, 11) is 0. The second-order valence-electron chi connectivity index (χ2n) is 6.27. The Morgan fingerprint density at radius 2 is 2.14 bits per heavy atom. The van der Waals surface area contributed by atoms with E-state index in [1.54, 1.807) is 11.8 Å². The van der Waals surface area contributed by atoms with Gasteiger partial charge in [0.2, 0.25) is 11.8 Å². The molecule has 0 bridgehead atoms. The van der Waals surface area contributed by atoms with Crippen molar-refractivity contribution in [1.29, 1.82) is 0 Å². The molecule has 1 fully saturated rings. The lowest BCUT2D eigenvalue weighted by Gasteiger charge is -2.34. The molecule has 118 valence electrons. The van der Waals surface area contributed by atoms with Crippen molar-refractivity contribution in [3.8, 4) is 0 Å². The highest BCUT2D eigenvalue weighted by molar-refractivity contribution is 7.99. The van der Waals surface area contributed by atoms with Gasteiger partial charge < -0.3 is 9.42 Å². The van der Waals surface area contributed by atoms with Gasteiger partial charge >= 0.3 is 0 Å². The number of carbonyl (C=O) groups excluding carboxylic acids is 1. The Hall–Kier alpha value is -1.04. The van der Waals surface area contributed by atoms with E-state index in [0.29, 0.717) is 17.6 Å². The third kappa shape index (κ3) is 4.46. The van der Waals surface area contributed by atoms with Gasteiger partial charge in [0.25, 0.3) is 0 Å². The molecule has 0 aliphatic carbocycles. The molecule has 0 spiro atoms. The van der Waals surface area contributed by atoms with Crippen LogP contribution in [0.3, 0.4) is 0 Å². The molecule has 0 saturated carbocycles. The minimum atomic E-state index is 0.0293. The zero-order chi connectivity index (χ0) is 15.4. The molecule has 2 heterocycles. The van der Waals surface area contributed by atoms with Crippen molar-refractivity contribution in [2.24, 2.45) is 5.92 Å². The van der Waals surface area contributed by atoms with Crippen molar-refractivity contribution in [2.75, 3.05) is 6.54 Å². The first-order chi connectivity index (χ1) is 9.97. The SMILES string of the molecule is CC(C)Cc1noc(CS[C@H]2CCCN(C(C)C)C2=O)n1. The van der Waals surface area contributed by atoms with Crippen LogP contribution < -0.4 is 0 Å². The number of rotatable bonds is 6. The topological polar surface area (TPSA) is 59.2 Å². The van der Waals surface area contributed by atoms with Gasteiger partial charge in [-0.15, -0.1) is 11.8 Å². The lowest BCUT2D eigenvalue weighted by atomic mass is 10.1. The number of piperidine rings is 1. The molecule has 1 atom stereocenters. The largest absolute Gasteiger partial charge is 0.339 e. The van der Waals surface area contributed by atoms with Crippen LogP contribution in [0, 0.1) is 5.92 Å². The van der Waals surface area contributed by atoms with Gasteiger partial charge in [-0.3, -0.25) is 4.79 Å². The fourth-order valence-corrected chi connectivity index (χ4v) is 3.57. The third-order valence-corrected chi connectivity index (χ3v) is 4.81. The highest BCUT2D eigenvalue weighted by Gasteiger charge is 2.30. The van der Waals surface area contributed by atoms with Gasteiger partial charge in [0.05, 0.1) is 11.0 Å². The molecular weight excluding hydrogens is 286 g/mol. The maximum Gasteiger partial charge on any atom is 0.236 e. The van der Waals surface area contributed by atoms with Crippen LogP contribution in [0.1, 0.15) is 52.3 Å². The van der Waals surface area contributed by atoms with E-state index in [1.807, 2.05) is 4.90 Å². The molecule has 6 heteroatoms. The summed E-state index contributed by atoms with van der Waals surface area (Å²) in [6.07, 6.45) is 2.85. The fraction of sp³-hybridized carbons (Fsp3) is 0.800. The summed E-state index contributed by atoms with van der Waals surface area (Å²) >= 11 is 1.62. The second-order valence-corrected chi connectivity index (χ2v) is 7.46. The molecule has 21 heavy (non-hydrogen) atoms. The van der Waals surface area contributed by atoms with E-state index >= 15 is 0 Å². The molecule has 1 aliphatic rings. The van der Waals surface area contributed by atoms with E-state index in [9.17, 15) is 4.79 Å². The molecule has 1 saturated heterocycles. The van der Waals surface area contributed by atoms with Crippen LogP contribution in [-0.2, 0) is 17.0 Å². The summed E-state index contributed by atoms with van der Waals surface area (Å²) in [5.74, 6) is 2.78. The van der Waals surface area contributed by atoms with Crippen molar-refractivity contribution >= 4 is 17.7 Å². The lowest BCUT2D eigenvalue weighted by molar-refractivity contribution is -0.134. The molecule has 0 radical (unpaired) electrons. The van der Waals surface area contributed by atoms with E-state index in [1.165, 1.54) is 0 Å². The highest BCUT2D eigenvalue weighted by Crippen LogP contribution is 2.27. The molecule has 0 aromatic carbocycles. The molecule has 0 N–H and O–H groups in total. The summed E-state index contributed by atoms with van der Waals surface area (Å²) in [5.41, 5.74) is 0. The van der Waals surface area contributed by atoms with Gasteiger partial charge in [0, 0.05) is 19.0 Å². The normalized spacial score (nSPS) is 19.8. The molecule has 2 rings (SSSR count). The van der Waals surface area contributed by atoms with Gasteiger partial charge in [-0.25, -0.2) is 0 Å². The molecule has 0 unspecified atom stereocenters. The third-order valence-electron chi connectivity index (χ3n) is 3.56. The maximum absolute atomic E-state index is 12.4. The Morgan fingerprint density at radius 3 is 2.81 bits per heavy atom. The number of nitrogens with zero attached hydrogens (tertiary/aromatic N) is 3. The number of hydrogen-bond acceptors (Lipinski definition) is 5. The Balaban J connectivity index is 1.87. The fourth-order valence-electron chi connectivity index (χ4n) is 2.50. The van der Waals surface area contributed by atoms with Crippen LogP contribution in [0.25, 0.3) is 0 Å². The molecule has 5 nitrogen and oxygen atoms in total. The minimum Gasteiger partial charge on any atom is -0.339 e. The van der Waals surface area contributed by atoms with Crippen molar-refractivity contribution in [3.63, 3.8) is 0 Å². The lowest BCUT2D eigenvalue weighted by Crippen LogP contribution is -2.46. The minimum absolute atomic E-state index is 0.0293. The quantitative estimate of drug-likeness (QED) is 0.808. The average Bonchev–Trinajstić information content (AvgIpc) is 2.84. The van der Waals surface area contributed by atoms with Crippen molar-refractivity contribution in [1.82, 2.24) is 15.0 Å². The first-order valence-corrected chi connectivity index (χ1v) is 8.75. The van der Waals surface area contributed by atoms with Gasteiger partial charge in [0.15, 0.2) is 5.82 Å². The van der Waals surface area contributed by atoms with Crippen molar-refractivity contribution in [2.45, 2.75) is 64.0 Å². The Morgan fingerprint density at radius 1 is 1.38 bits per heavy atom. The van der Waals surface area contributed by atoms with Crippen molar-refractivity contribution in [3.05, 3.63) is 11.7 Å².